The first-order valence-electron chi connectivity index (χ1n) is 8.16. The third-order valence-electron chi connectivity index (χ3n) is 4.09. The highest BCUT2D eigenvalue weighted by Gasteiger charge is 2.11. The second kappa shape index (κ2) is 7.60. The van der Waals surface area contributed by atoms with E-state index < -0.39 is 0 Å². The maximum Gasteiger partial charge on any atom is 0.154 e. The highest BCUT2D eigenvalue weighted by atomic mass is 16.5. The van der Waals surface area contributed by atoms with Gasteiger partial charge in [-0.15, -0.1) is 0 Å². The highest BCUT2D eigenvalue weighted by molar-refractivity contribution is 5.91. The number of hydrogen-bond acceptors (Lipinski definition) is 2. The molecule has 3 rings (SSSR count). The van der Waals surface area contributed by atoms with Crippen LogP contribution in [0.4, 0.5) is 0 Å². The molecule has 120 valence electrons. The Kier molecular flexibility index (Phi) is 5.07. The van der Waals surface area contributed by atoms with Crippen LogP contribution in [0.5, 0.6) is 5.75 Å². The van der Waals surface area contributed by atoms with Crippen LogP contribution in [0.25, 0.3) is 11.1 Å². The van der Waals surface area contributed by atoms with E-state index in [9.17, 15) is 4.79 Å². The van der Waals surface area contributed by atoms with Crippen molar-refractivity contribution in [2.24, 2.45) is 0 Å². The standard InChI is InChI=1S/C22H20O2/c1-2-17-11-13-19(14-12-17)20-9-6-10-22(21(20)15-23)24-16-18-7-4-3-5-8-18/h3-15H,2,16H2,1H3. The van der Waals surface area contributed by atoms with Crippen LogP contribution in [0.15, 0.2) is 72.8 Å². The predicted molar refractivity (Wildman–Crippen MR) is 97.4 cm³/mol. The van der Waals surface area contributed by atoms with Crippen LogP contribution < -0.4 is 4.74 Å². The van der Waals surface area contributed by atoms with Gasteiger partial charge in [0.1, 0.15) is 12.4 Å². The van der Waals surface area contributed by atoms with Crippen LogP contribution in [0.2, 0.25) is 0 Å². The summed E-state index contributed by atoms with van der Waals surface area (Å²) in [6, 6.07) is 24.0. The van der Waals surface area contributed by atoms with E-state index in [1.54, 1.807) is 0 Å². The molecule has 3 aromatic rings. The summed E-state index contributed by atoms with van der Waals surface area (Å²) in [7, 11) is 0. The lowest BCUT2D eigenvalue weighted by Crippen LogP contribution is -1.99. The maximum atomic E-state index is 11.7. The molecule has 3 aromatic carbocycles. The Morgan fingerprint density at radius 1 is 0.833 bits per heavy atom. The molecule has 0 spiro atoms. The fraction of sp³-hybridized carbons (Fsp3) is 0.136. The number of rotatable bonds is 6. The fourth-order valence-corrected chi connectivity index (χ4v) is 2.70. The zero-order chi connectivity index (χ0) is 16.8. The van der Waals surface area contributed by atoms with Gasteiger partial charge in [-0.25, -0.2) is 0 Å². The molecule has 0 radical (unpaired) electrons. The van der Waals surface area contributed by atoms with Gasteiger partial charge >= 0.3 is 0 Å². The van der Waals surface area contributed by atoms with Gasteiger partial charge in [-0.05, 0) is 34.7 Å². The quantitative estimate of drug-likeness (QED) is 0.576. The lowest BCUT2D eigenvalue weighted by atomic mass is 9.98. The summed E-state index contributed by atoms with van der Waals surface area (Å²) in [5, 5.41) is 0. The van der Waals surface area contributed by atoms with Crippen LogP contribution in [0.1, 0.15) is 28.4 Å². The summed E-state index contributed by atoms with van der Waals surface area (Å²) in [5.74, 6) is 0.617. The fourth-order valence-electron chi connectivity index (χ4n) is 2.70. The Labute approximate surface area is 142 Å². The summed E-state index contributed by atoms with van der Waals surface area (Å²) in [6.45, 7) is 2.57. The molecule has 0 N–H and O–H groups in total. The maximum absolute atomic E-state index is 11.7. The smallest absolute Gasteiger partial charge is 0.154 e. The van der Waals surface area contributed by atoms with E-state index in [1.807, 2.05) is 48.5 Å². The molecular formula is C22H20O2. The third kappa shape index (κ3) is 3.54. The van der Waals surface area contributed by atoms with Crippen molar-refractivity contribution in [1.82, 2.24) is 0 Å². The molecule has 0 saturated carbocycles. The predicted octanol–water partition coefficient (Wildman–Crippen LogP) is 5.31. The van der Waals surface area contributed by atoms with Crippen LogP contribution in [0.3, 0.4) is 0 Å². The molecule has 0 amide bonds. The van der Waals surface area contributed by atoms with E-state index in [0.29, 0.717) is 17.9 Å². The Hall–Kier alpha value is -2.87. The van der Waals surface area contributed by atoms with Crippen molar-refractivity contribution in [2.75, 3.05) is 0 Å². The van der Waals surface area contributed by atoms with Gasteiger partial charge in [0.25, 0.3) is 0 Å². The molecule has 0 aliphatic carbocycles. The van der Waals surface area contributed by atoms with Crippen molar-refractivity contribution in [3.8, 4) is 16.9 Å². The first kappa shape index (κ1) is 16.0. The molecule has 0 saturated heterocycles. The Bertz CT molecular complexity index is 805. The SMILES string of the molecule is CCc1ccc(-c2cccc(OCc3ccccc3)c2C=O)cc1. The van der Waals surface area contributed by atoms with E-state index in [4.69, 9.17) is 4.74 Å². The lowest BCUT2D eigenvalue weighted by molar-refractivity contribution is 0.111. The largest absolute Gasteiger partial charge is 0.488 e. The molecule has 0 bridgehead atoms. The van der Waals surface area contributed by atoms with Crippen LogP contribution in [-0.4, -0.2) is 6.29 Å². The van der Waals surface area contributed by atoms with Crippen molar-refractivity contribution in [3.05, 3.63) is 89.5 Å². The Morgan fingerprint density at radius 2 is 1.58 bits per heavy atom. The van der Waals surface area contributed by atoms with Gasteiger partial charge < -0.3 is 4.74 Å². The average molecular weight is 316 g/mol. The minimum atomic E-state index is 0.444. The lowest BCUT2D eigenvalue weighted by Gasteiger charge is -2.12. The van der Waals surface area contributed by atoms with Gasteiger partial charge in [0.05, 0.1) is 5.56 Å². The number of carbonyl (C=O) groups is 1. The van der Waals surface area contributed by atoms with Crippen molar-refractivity contribution >= 4 is 6.29 Å². The normalized spacial score (nSPS) is 10.4. The molecule has 0 unspecified atom stereocenters. The molecule has 0 aliphatic rings. The van der Waals surface area contributed by atoms with E-state index in [-0.39, 0.29) is 0 Å². The second-order valence-electron chi connectivity index (χ2n) is 5.66. The van der Waals surface area contributed by atoms with Crippen molar-refractivity contribution in [3.63, 3.8) is 0 Å². The third-order valence-corrected chi connectivity index (χ3v) is 4.09. The molecule has 2 heteroatoms. The van der Waals surface area contributed by atoms with Crippen LogP contribution in [-0.2, 0) is 13.0 Å². The highest BCUT2D eigenvalue weighted by Crippen LogP contribution is 2.30. The molecule has 0 aromatic heterocycles. The van der Waals surface area contributed by atoms with Crippen molar-refractivity contribution < 1.29 is 9.53 Å². The van der Waals surface area contributed by atoms with Crippen molar-refractivity contribution in [2.45, 2.75) is 20.0 Å². The number of aldehydes is 1. The molecule has 0 aliphatic heterocycles. The van der Waals surface area contributed by atoms with E-state index in [1.165, 1.54) is 5.56 Å². The monoisotopic (exact) mass is 316 g/mol. The summed E-state index contributed by atoms with van der Waals surface area (Å²) in [6.07, 6.45) is 1.88. The number of carbonyl (C=O) groups excluding carboxylic acids is 1. The van der Waals surface area contributed by atoms with Crippen molar-refractivity contribution in [1.29, 1.82) is 0 Å². The van der Waals surface area contributed by atoms with E-state index in [2.05, 4.69) is 31.2 Å². The van der Waals surface area contributed by atoms with Gasteiger partial charge in [-0.1, -0.05) is 73.7 Å². The van der Waals surface area contributed by atoms with E-state index in [0.717, 1.165) is 29.4 Å². The van der Waals surface area contributed by atoms with Crippen LogP contribution in [0, 0.1) is 0 Å². The molecule has 24 heavy (non-hydrogen) atoms. The summed E-state index contributed by atoms with van der Waals surface area (Å²) in [4.78, 5) is 11.7. The van der Waals surface area contributed by atoms with Gasteiger partial charge in [-0.3, -0.25) is 4.79 Å². The number of benzene rings is 3. The molecule has 0 fully saturated rings. The molecule has 0 atom stereocenters. The van der Waals surface area contributed by atoms with Gasteiger partial charge in [0.15, 0.2) is 6.29 Å². The average Bonchev–Trinajstić information content (AvgIpc) is 2.67. The number of ether oxygens (including phenoxy) is 1. The zero-order valence-electron chi connectivity index (χ0n) is 13.7. The first-order valence-corrected chi connectivity index (χ1v) is 8.16. The summed E-state index contributed by atoms with van der Waals surface area (Å²) in [5.41, 5.74) is 4.88. The Morgan fingerprint density at radius 3 is 2.25 bits per heavy atom. The molecule has 2 nitrogen and oxygen atoms in total. The Balaban J connectivity index is 1.89. The molecular weight excluding hydrogens is 296 g/mol. The minimum absolute atomic E-state index is 0.444. The summed E-state index contributed by atoms with van der Waals surface area (Å²) >= 11 is 0. The second-order valence-corrected chi connectivity index (χ2v) is 5.66. The molecule has 0 heterocycles. The first-order chi connectivity index (χ1) is 11.8. The summed E-state index contributed by atoms with van der Waals surface area (Å²) < 4.78 is 5.89. The van der Waals surface area contributed by atoms with Gasteiger partial charge in [0.2, 0.25) is 0 Å². The minimum Gasteiger partial charge on any atom is -0.488 e. The van der Waals surface area contributed by atoms with Gasteiger partial charge in [-0.2, -0.15) is 0 Å². The zero-order valence-corrected chi connectivity index (χ0v) is 13.7. The topological polar surface area (TPSA) is 26.3 Å². The number of aryl methyl sites for hydroxylation is 1. The van der Waals surface area contributed by atoms with Gasteiger partial charge in [0, 0.05) is 0 Å². The number of hydrogen-bond donors (Lipinski definition) is 0. The van der Waals surface area contributed by atoms with Crippen LogP contribution >= 0.6 is 0 Å². The van der Waals surface area contributed by atoms with E-state index >= 15 is 0 Å².